The smallest absolute Gasteiger partial charge is 0.408 e. The maximum atomic E-state index is 12.8. The van der Waals surface area contributed by atoms with Gasteiger partial charge in [-0.15, -0.1) is 0 Å². The highest BCUT2D eigenvalue weighted by Crippen LogP contribution is 2.33. The number of amides is 1. The summed E-state index contributed by atoms with van der Waals surface area (Å²) in [6, 6.07) is 4.87. The molecule has 0 aliphatic heterocycles. The van der Waals surface area contributed by atoms with E-state index in [4.69, 9.17) is 14.2 Å². The fourth-order valence-corrected chi connectivity index (χ4v) is 2.45. The number of hydrogen-bond acceptors (Lipinski definition) is 7. The number of nitrogens with zero attached hydrogens (tertiary/aromatic N) is 1. The van der Waals surface area contributed by atoms with Crippen molar-refractivity contribution < 1.29 is 28.7 Å². The van der Waals surface area contributed by atoms with Crippen molar-refractivity contribution in [2.24, 2.45) is 0 Å². The molecule has 1 amide bonds. The molecule has 0 saturated carbocycles. The van der Waals surface area contributed by atoms with E-state index >= 15 is 0 Å². The minimum atomic E-state index is -2.31. The Morgan fingerprint density at radius 2 is 1.45 bits per heavy atom. The van der Waals surface area contributed by atoms with Crippen LogP contribution in [0.4, 0.5) is 4.79 Å². The maximum Gasteiger partial charge on any atom is 0.408 e. The molecule has 9 heteroatoms. The van der Waals surface area contributed by atoms with Crippen LogP contribution in [-0.4, -0.2) is 40.8 Å². The van der Waals surface area contributed by atoms with Crippen LogP contribution in [0.15, 0.2) is 24.3 Å². The highest BCUT2D eigenvalue weighted by molar-refractivity contribution is 5.82. The van der Waals surface area contributed by atoms with Crippen molar-refractivity contribution in [3.63, 3.8) is 0 Å². The van der Waals surface area contributed by atoms with Gasteiger partial charge in [-0.05, 0) is 59.2 Å². The quantitative estimate of drug-likeness (QED) is 0.432. The number of hydrogen-bond donors (Lipinski definition) is 1. The third-order valence-corrected chi connectivity index (χ3v) is 3.86. The van der Waals surface area contributed by atoms with Gasteiger partial charge in [0.2, 0.25) is 0 Å². The number of benzene rings is 1. The molecule has 0 bridgehead atoms. The topological polar surface area (TPSA) is 117 Å². The Labute approximate surface area is 170 Å². The third-order valence-electron chi connectivity index (χ3n) is 3.86. The van der Waals surface area contributed by atoms with E-state index in [-0.39, 0.29) is 0 Å². The number of nitro groups is 1. The van der Waals surface area contributed by atoms with E-state index in [0.29, 0.717) is 11.3 Å². The summed E-state index contributed by atoms with van der Waals surface area (Å²) in [4.78, 5) is 36.5. The van der Waals surface area contributed by atoms with Gasteiger partial charge >= 0.3 is 17.6 Å². The van der Waals surface area contributed by atoms with E-state index in [2.05, 4.69) is 5.32 Å². The first kappa shape index (κ1) is 24.2. The molecule has 0 aromatic heterocycles. The van der Waals surface area contributed by atoms with Crippen molar-refractivity contribution in [1.29, 1.82) is 0 Å². The van der Waals surface area contributed by atoms with Crippen molar-refractivity contribution in [1.82, 2.24) is 5.32 Å². The molecule has 0 spiro atoms. The van der Waals surface area contributed by atoms with Gasteiger partial charge in [-0.1, -0.05) is 12.1 Å². The van der Waals surface area contributed by atoms with E-state index in [9.17, 15) is 19.7 Å². The van der Waals surface area contributed by atoms with Gasteiger partial charge in [0.1, 0.15) is 23.0 Å². The van der Waals surface area contributed by atoms with Crippen LogP contribution in [0.5, 0.6) is 5.75 Å². The van der Waals surface area contributed by atoms with Crippen LogP contribution in [0, 0.1) is 10.1 Å². The van der Waals surface area contributed by atoms with E-state index in [1.807, 2.05) is 0 Å². The molecule has 2 atom stereocenters. The molecule has 0 aliphatic carbocycles. The molecule has 1 aromatic carbocycles. The number of rotatable bonds is 6. The third kappa shape index (κ3) is 6.62. The molecular formula is C20H30N2O7. The molecule has 1 rings (SSSR count). The number of esters is 1. The number of methoxy groups -OCH3 is 1. The molecule has 0 saturated heterocycles. The van der Waals surface area contributed by atoms with Crippen LogP contribution in [0.1, 0.15) is 60.1 Å². The van der Waals surface area contributed by atoms with Gasteiger partial charge in [-0.3, -0.25) is 10.1 Å². The first-order chi connectivity index (χ1) is 13.1. The molecular weight excluding hydrogens is 380 g/mol. The van der Waals surface area contributed by atoms with Crippen molar-refractivity contribution >= 4 is 12.1 Å². The van der Waals surface area contributed by atoms with Crippen LogP contribution in [0.2, 0.25) is 0 Å². The average molecular weight is 410 g/mol. The summed E-state index contributed by atoms with van der Waals surface area (Å²) < 4.78 is 15.6. The molecule has 1 aromatic rings. The van der Waals surface area contributed by atoms with Crippen LogP contribution < -0.4 is 10.1 Å². The van der Waals surface area contributed by atoms with Gasteiger partial charge < -0.3 is 19.5 Å². The lowest BCUT2D eigenvalue weighted by molar-refractivity contribution is -0.557. The van der Waals surface area contributed by atoms with Gasteiger partial charge in [-0.25, -0.2) is 9.59 Å². The Morgan fingerprint density at radius 1 is 0.966 bits per heavy atom. The highest BCUT2D eigenvalue weighted by atomic mass is 16.6. The summed E-state index contributed by atoms with van der Waals surface area (Å²) in [7, 11) is 1.48. The van der Waals surface area contributed by atoms with Crippen molar-refractivity contribution in [2.75, 3.05) is 7.11 Å². The molecule has 29 heavy (non-hydrogen) atoms. The molecule has 1 N–H and O–H groups in total. The van der Waals surface area contributed by atoms with E-state index < -0.39 is 39.8 Å². The fraction of sp³-hybridized carbons (Fsp3) is 0.600. The predicted octanol–water partition coefficient (Wildman–Crippen LogP) is 3.64. The zero-order chi connectivity index (χ0) is 22.6. The van der Waals surface area contributed by atoms with Gasteiger partial charge in [-0.2, -0.15) is 0 Å². The van der Waals surface area contributed by atoms with Crippen molar-refractivity contribution in [2.45, 2.75) is 71.2 Å². The summed E-state index contributed by atoms with van der Waals surface area (Å²) in [6.07, 6.45) is -0.894. The van der Waals surface area contributed by atoms with Crippen LogP contribution in [-0.2, 0) is 14.3 Å². The zero-order valence-corrected chi connectivity index (χ0v) is 18.2. The Morgan fingerprint density at radius 3 is 1.83 bits per heavy atom. The monoisotopic (exact) mass is 410 g/mol. The standard InChI is InChI=1S/C20H30N2O7/c1-18(2,3)28-16(23)20(7,22(25)26)15(21-17(24)29-19(4,5)6)13-9-11-14(27-8)12-10-13/h9-12,15H,1-8H3,(H,21,24)/t15-,20+/m0/s1. The van der Waals surface area contributed by atoms with Crippen molar-refractivity contribution in [3.8, 4) is 5.75 Å². The molecule has 0 unspecified atom stereocenters. The summed E-state index contributed by atoms with van der Waals surface area (Å²) in [6.45, 7) is 10.9. The molecule has 0 aliphatic rings. The Hall–Kier alpha value is -2.84. The Bertz CT molecular complexity index is 748. The largest absolute Gasteiger partial charge is 0.497 e. The Balaban J connectivity index is 3.45. The summed E-state index contributed by atoms with van der Waals surface area (Å²) in [5, 5.41) is 14.5. The number of nitrogens with one attached hydrogen (secondary N) is 1. The first-order valence-corrected chi connectivity index (χ1v) is 9.11. The van der Waals surface area contributed by atoms with E-state index in [0.717, 1.165) is 6.92 Å². The lowest BCUT2D eigenvalue weighted by Crippen LogP contribution is -2.57. The summed E-state index contributed by atoms with van der Waals surface area (Å²) in [5.74, 6) is -0.559. The average Bonchev–Trinajstić information content (AvgIpc) is 2.55. The van der Waals surface area contributed by atoms with Crippen LogP contribution in [0.25, 0.3) is 0 Å². The summed E-state index contributed by atoms with van der Waals surface area (Å²) in [5.41, 5.74) is -3.77. The minimum absolute atomic E-state index is 0.321. The molecule has 0 radical (unpaired) electrons. The van der Waals surface area contributed by atoms with Crippen molar-refractivity contribution in [3.05, 3.63) is 39.9 Å². The minimum Gasteiger partial charge on any atom is -0.497 e. The van der Waals surface area contributed by atoms with Gasteiger partial charge in [0.05, 0.1) is 7.11 Å². The normalized spacial score (nSPS) is 14.9. The number of alkyl carbamates (subject to hydrolysis) is 1. The maximum absolute atomic E-state index is 12.8. The van der Waals surface area contributed by atoms with Gasteiger partial charge in [0, 0.05) is 11.8 Å². The van der Waals surface area contributed by atoms with E-state index in [1.165, 1.54) is 19.2 Å². The lowest BCUT2D eigenvalue weighted by Gasteiger charge is -2.32. The predicted molar refractivity (Wildman–Crippen MR) is 106 cm³/mol. The molecule has 0 fully saturated rings. The molecule has 9 nitrogen and oxygen atoms in total. The van der Waals surface area contributed by atoms with Gasteiger partial charge in [0.25, 0.3) is 0 Å². The van der Waals surface area contributed by atoms with E-state index in [1.54, 1.807) is 53.7 Å². The first-order valence-electron chi connectivity index (χ1n) is 9.11. The summed E-state index contributed by atoms with van der Waals surface area (Å²) >= 11 is 0. The van der Waals surface area contributed by atoms with Crippen LogP contribution in [0.3, 0.4) is 0 Å². The second-order valence-electron chi connectivity index (χ2n) is 8.76. The number of carbonyl (C=O) groups is 2. The highest BCUT2D eigenvalue weighted by Gasteiger charge is 2.57. The lowest BCUT2D eigenvalue weighted by atomic mass is 9.87. The second kappa shape index (κ2) is 8.67. The zero-order valence-electron chi connectivity index (χ0n) is 18.2. The van der Waals surface area contributed by atoms with Gasteiger partial charge in [0.15, 0.2) is 0 Å². The van der Waals surface area contributed by atoms with Crippen LogP contribution >= 0.6 is 0 Å². The number of ether oxygens (including phenoxy) is 3. The molecule has 162 valence electrons. The number of carbonyl (C=O) groups excluding carboxylic acids is 2. The second-order valence-corrected chi connectivity index (χ2v) is 8.76. The fourth-order valence-electron chi connectivity index (χ4n) is 2.45. The SMILES string of the molecule is COc1ccc([C@H](NC(=O)OC(C)(C)C)[C@](C)(C(=O)OC(C)(C)C)[N+](=O)[O-])cc1. The Kier molecular flexibility index (Phi) is 7.23. The molecule has 0 heterocycles.